The summed E-state index contributed by atoms with van der Waals surface area (Å²) in [6.07, 6.45) is 3.30. The van der Waals surface area contributed by atoms with Gasteiger partial charge >= 0.3 is 0 Å². The number of hydrogen-bond acceptors (Lipinski definition) is 3. The van der Waals surface area contributed by atoms with E-state index in [0.717, 1.165) is 12.8 Å². The second kappa shape index (κ2) is 4.05. The molecule has 1 heterocycles. The topological polar surface area (TPSA) is 60.8 Å². The Morgan fingerprint density at radius 2 is 1.95 bits per heavy atom. The molecule has 1 aromatic rings. The summed E-state index contributed by atoms with van der Waals surface area (Å²) in [7, 11) is 0. The Hall–Kier alpha value is -1.39. The lowest BCUT2D eigenvalue weighted by Gasteiger charge is -2.38. The smallest absolute Gasteiger partial charge is 0.259 e. The fraction of sp³-hybridized carbons (Fsp3) is 0.533. The first-order valence-electron chi connectivity index (χ1n) is 6.92. The Morgan fingerprint density at radius 1 is 1.26 bits per heavy atom. The maximum atomic E-state index is 12.5. The molecule has 4 heteroatoms. The van der Waals surface area contributed by atoms with Crippen LogP contribution in [0.5, 0.6) is 0 Å². The van der Waals surface area contributed by atoms with E-state index in [4.69, 9.17) is 0 Å². The van der Waals surface area contributed by atoms with E-state index in [2.05, 4.69) is 0 Å². The molecule has 2 aliphatic rings. The molecule has 102 valence electrons. The minimum absolute atomic E-state index is 0.255. The third kappa shape index (κ3) is 1.70. The van der Waals surface area contributed by atoms with Crippen molar-refractivity contribution in [2.24, 2.45) is 0 Å². The number of benzene rings is 1. The van der Waals surface area contributed by atoms with Crippen LogP contribution in [0.4, 0.5) is 0 Å². The summed E-state index contributed by atoms with van der Waals surface area (Å²) in [6, 6.07) is 7.12. The number of unbranched alkanes of at least 4 members (excludes halogenated alkanes) is 1. The van der Waals surface area contributed by atoms with Crippen LogP contribution in [0, 0.1) is 0 Å². The minimum Gasteiger partial charge on any atom is -0.371 e. The molecule has 1 saturated carbocycles. The Kier molecular flexibility index (Phi) is 2.69. The van der Waals surface area contributed by atoms with Crippen molar-refractivity contribution in [1.82, 2.24) is 4.90 Å². The van der Waals surface area contributed by atoms with Crippen molar-refractivity contribution in [1.29, 1.82) is 0 Å². The normalized spacial score (nSPS) is 27.5. The molecule has 0 saturated heterocycles. The van der Waals surface area contributed by atoms with Crippen LogP contribution in [0.1, 0.15) is 54.9 Å². The fourth-order valence-electron chi connectivity index (χ4n) is 2.97. The Balaban J connectivity index is 2.08. The first-order chi connectivity index (χ1) is 9.03. The summed E-state index contributed by atoms with van der Waals surface area (Å²) in [6.45, 7) is 2.04. The lowest BCUT2D eigenvalue weighted by Crippen LogP contribution is -2.51. The van der Waals surface area contributed by atoms with E-state index in [1.165, 1.54) is 4.90 Å². The van der Waals surface area contributed by atoms with Gasteiger partial charge < -0.3 is 10.2 Å². The van der Waals surface area contributed by atoms with E-state index in [1.54, 1.807) is 18.2 Å². The van der Waals surface area contributed by atoms with Crippen molar-refractivity contribution in [2.75, 3.05) is 0 Å². The highest BCUT2D eigenvalue weighted by molar-refractivity contribution is 6.00. The highest BCUT2D eigenvalue weighted by Gasteiger charge is 2.61. The molecule has 3 rings (SSSR count). The summed E-state index contributed by atoms with van der Waals surface area (Å²) >= 11 is 0. The number of carbonyl (C=O) groups is 1. The summed E-state index contributed by atoms with van der Waals surface area (Å²) < 4.78 is 0. The number of aliphatic hydroxyl groups is 2. The molecule has 0 bridgehead atoms. The molecule has 0 radical (unpaired) electrons. The van der Waals surface area contributed by atoms with Gasteiger partial charge in [-0.05, 0) is 31.7 Å². The average molecular weight is 261 g/mol. The van der Waals surface area contributed by atoms with Crippen LogP contribution < -0.4 is 0 Å². The Labute approximate surface area is 112 Å². The van der Waals surface area contributed by atoms with Crippen LogP contribution in [0.25, 0.3) is 0 Å². The largest absolute Gasteiger partial charge is 0.371 e. The molecule has 0 aromatic heterocycles. The van der Waals surface area contributed by atoms with E-state index in [9.17, 15) is 15.0 Å². The van der Waals surface area contributed by atoms with E-state index < -0.39 is 11.4 Å². The second-order valence-electron chi connectivity index (χ2n) is 5.59. The quantitative estimate of drug-likeness (QED) is 0.871. The zero-order valence-corrected chi connectivity index (χ0v) is 11.1. The van der Waals surface area contributed by atoms with E-state index >= 15 is 0 Å². The van der Waals surface area contributed by atoms with Crippen molar-refractivity contribution in [3.05, 3.63) is 35.4 Å². The van der Waals surface area contributed by atoms with E-state index in [1.807, 2.05) is 13.0 Å². The molecule has 1 amide bonds. The molecule has 1 aliphatic carbocycles. The van der Waals surface area contributed by atoms with Gasteiger partial charge in [0, 0.05) is 11.1 Å². The van der Waals surface area contributed by atoms with Crippen molar-refractivity contribution in [2.45, 2.75) is 50.5 Å². The molecular formula is C15H19NO3. The molecule has 2 N–H and O–H groups in total. The summed E-state index contributed by atoms with van der Waals surface area (Å²) in [5, 5.41) is 21.4. The van der Waals surface area contributed by atoms with Gasteiger partial charge in [0.05, 0.1) is 0 Å². The van der Waals surface area contributed by atoms with Gasteiger partial charge in [-0.3, -0.25) is 9.69 Å². The standard InChI is InChI=1S/C15H19NO3/c1-2-3-8-15(19)12-7-5-4-6-11(12)13(17)16(15)14(18)9-10-14/h4-7,18-19H,2-3,8-10H2,1H3. The number of hydrogen-bond donors (Lipinski definition) is 2. The number of fused-ring (bicyclic) bond motifs is 1. The fourth-order valence-corrected chi connectivity index (χ4v) is 2.97. The Morgan fingerprint density at radius 3 is 2.58 bits per heavy atom. The SMILES string of the molecule is CCCCC1(O)c2ccccc2C(=O)N1C1(O)CC1. The number of rotatable bonds is 4. The zero-order chi connectivity index (χ0) is 13.7. The summed E-state index contributed by atoms with van der Waals surface area (Å²) in [5.74, 6) is -0.255. The third-order valence-corrected chi connectivity index (χ3v) is 4.15. The molecule has 1 aliphatic heterocycles. The molecule has 4 nitrogen and oxygen atoms in total. The van der Waals surface area contributed by atoms with Gasteiger partial charge in [0.15, 0.2) is 5.72 Å². The van der Waals surface area contributed by atoms with Crippen LogP contribution in [-0.4, -0.2) is 26.7 Å². The van der Waals surface area contributed by atoms with Gasteiger partial charge in [-0.25, -0.2) is 0 Å². The first-order valence-corrected chi connectivity index (χ1v) is 6.92. The predicted octanol–water partition coefficient (Wildman–Crippen LogP) is 1.96. The average Bonchev–Trinajstić information content (AvgIpc) is 3.09. The van der Waals surface area contributed by atoms with Crippen molar-refractivity contribution in [3.63, 3.8) is 0 Å². The highest BCUT2D eigenvalue weighted by Crippen LogP contribution is 2.51. The predicted molar refractivity (Wildman–Crippen MR) is 70.2 cm³/mol. The van der Waals surface area contributed by atoms with Crippen LogP contribution in [0.3, 0.4) is 0 Å². The second-order valence-corrected chi connectivity index (χ2v) is 5.59. The summed E-state index contributed by atoms with van der Waals surface area (Å²) in [5.41, 5.74) is -1.36. The lowest BCUT2D eigenvalue weighted by molar-refractivity contribution is -0.165. The number of carbonyl (C=O) groups excluding carboxylic acids is 1. The van der Waals surface area contributed by atoms with Crippen molar-refractivity contribution < 1.29 is 15.0 Å². The van der Waals surface area contributed by atoms with Crippen molar-refractivity contribution in [3.8, 4) is 0 Å². The molecule has 1 unspecified atom stereocenters. The molecular weight excluding hydrogens is 242 g/mol. The molecule has 1 atom stereocenters. The maximum Gasteiger partial charge on any atom is 0.259 e. The van der Waals surface area contributed by atoms with Crippen LogP contribution in [0.2, 0.25) is 0 Å². The first kappa shape index (κ1) is 12.6. The van der Waals surface area contributed by atoms with Crippen molar-refractivity contribution >= 4 is 5.91 Å². The number of nitrogens with zero attached hydrogens (tertiary/aromatic N) is 1. The zero-order valence-electron chi connectivity index (χ0n) is 11.1. The third-order valence-electron chi connectivity index (χ3n) is 4.15. The maximum absolute atomic E-state index is 12.5. The van der Waals surface area contributed by atoms with Gasteiger partial charge in [-0.2, -0.15) is 0 Å². The van der Waals surface area contributed by atoms with E-state index in [0.29, 0.717) is 30.4 Å². The van der Waals surface area contributed by atoms with E-state index in [-0.39, 0.29) is 5.91 Å². The minimum atomic E-state index is -1.35. The molecule has 1 fully saturated rings. The molecule has 19 heavy (non-hydrogen) atoms. The molecule has 0 spiro atoms. The highest BCUT2D eigenvalue weighted by atomic mass is 16.4. The van der Waals surface area contributed by atoms with Crippen LogP contribution >= 0.6 is 0 Å². The lowest BCUT2D eigenvalue weighted by atomic mass is 9.96. The molecule has 1 aromatic carbocycles. The summed E-state index contributed by atoms with van der Waals surface area (Å²) in [4.78, 5) is 13.8. The van der Waals surface area contributed by atoms with Gasteiger partial charge in [0.2, 0.25) is 0 Å². The van der Waals surface area contributed by atoms with Crippen LogP contribution in [0.15, 0.2) is 24.3 Å². The van der Waals surface area contributed by atoms with Gasteiger partial charge in [-0.15, -0.1) is 0 Å². The van der Waals surface area contributed by atoms with Gasteiger partial charge in [0.25, 0.3) is 5.91 Å². The number of amides is 1. The van der Waals surface area contributed by atoms with Gasteiger partial charge in [0.1, 0.15) is 5.72 Å². The monoisotopic (exact) mass is 261 g/mol. The Bertz CT molecular complexity index is 524. The van der Waals surface area contributed by atoms with Gasteiger partial charge in [-0.1, -0.05) is 31.5 Å². The van der Waals surface area contributed by atoms with Crippen LogP contribution in [-0.2, 0) is 5.72 Å².